The predicted octanol–water partition coefficient (Wildman–Crippen LogP) is 2.20. The van der Waals surface area contributed by atoms with Gasteiger partial charge in [0.05, 0.1) is 11.3 Å². The number of aromatic carboxylic acids is 1. The molecule has 4 nitrogen and oxygen atoms in total. The van der Waals surface area contributed by atoms with Crippen LogP contribution in [-0.2, 0) is 0 Å². The standard InChI is InChI=1S/C15H19FN2O2/c16-13-9-11(15(19)20)4-5-14(13)18-8-7-17-6-2-1-3-12(17)10-18/h4-5,9,12H,1-3,6-8,10H2,(H,19,20). The van der Waals surface area contributed by atoms with Crippen molar-refractivity contribution in [3.05, 3.63) is 29.6 Å². The monoisotopic (exact) mass is 278 g/mol. The van der Waals surface area contributed by atoms with Crippen molar-refractivity contribution in [1.29, 1.82) is 0 Å². The van der Waals surface area contributed by atoms with Crippen molar-refractivity contribution in [3.8, 4) is 0 Å². The van der Waals surface area contributed by atoms with Crippen molar-refractivity contribution in [3.63, 3.8) is 0 Å². The largest absolute Gasteiger partial charge is 0.478 e. The highest BCUT2D eigenvalue weighted by Crippen LogP contribution is 2.27. The molecule has 0 aliphatic carbocycles. The van der Waals surface area contributed by atoms with Gasteiger partial charge in [0, 0.05) is 25.7 Å². The van der Waals surface area contributed by atoms with Gasteiger partial charge in [0.1, 0.15) is 5.82 Å². The lowest BCUT2D eigenvalue weighted by atomic mass is 9.99. The Morgan fingerprint density at radius 1 is 1.25 bits per heavy atom. The molecule has 20 heavy (non-hydrogen) atoms. The molecule has 0 aromatic heterocycles. The second-order valence-corrected chi connectivity index (χ2v) is 5.60. The van der Waals surface area contributed by atoms with E-state index in [2.05, 4.69) is 4.90 Å². The summed E-state index contributed by atoms with van der Waals surface area (Å²) >= 11 is 0. The first-order valence-corrected chi connectivity index (χ1v) is 7.17. The topological polar surface area (TPSA) is 43.8 Å². The number of nitrogens with zero attached hydrogens (tertiary/aromatic N) is 2. The molecular weight excluding hydrogens is 259 g/mol. The summed E-state index contributed by atoms with van der Waals surface area (Å²) in [4.78, 5) is 15.4. The quantitative estimate of drug-likeness (QED) is 0.900. The third-order valence-electron chi connectivity index (χ3n) is 4.37. The van der Waals surface area contributed by atoms with Crippen molar-refractivity contribution < 1.29 is 14.3 Å². The number of piperazine rings is 1. The van der Waals surface area contributed by atoms with E-state index in [9.17, 15) is 9.18 Å². The van der Waals surface area contributed by atoms with Crippen molar-refractivity contribution in [1.82, 2.24) is 4.90 Å². The first kappa shape index (κ1) is 13.4. The first-order chi connectivity index (χ1) is 9.65. The summed E-state index contributed by atoms with van der Waals surface area (Å²) in [6.45, 7) is 3.76. The molecule has 2 aliphatic rings. The maximum Gasteiger partial charge on any atom is 0.335 e. The van der Waals surface area contributed by atoms with Crippen LogP contribution in [0.5, 0.6) is 0 Å². The number of rotatable bonds is 2. The van der Waals surface area contributed by atoms with Gasteiger partial charge >= 0.3 is 5.97 Å². The first-order valence-electron chi connectivity index (χ1n) is 7.17. The van der Waals surface area contributed by atoms with E-state index < -0.39 is 11.8 Å². The summed E-state index contributed by atoms with van der Waals surface area (Å²) in [6.07, 6.45) is 3.68. The minimum atomic E-state index is -1.09. The normalized spacial score (nSPS) is 23.4. The van der Waals surface area contributed by atoms with Crippen molar-refractivity contribution in [2.45, 2.75) is 25.3 Å². The summed E-state index contributed by atoms with van der Waals surface area (Å²) < 4.78 is 14.1. The van der Waals surface area contributed by atoms with Crippen LogP contribution in [0, 0.1) is 5.82 Å². The van der Waals surface area contributed by atoms with Crippen LogP contribution in [0.4, 0.5) is 10.1 Å². The lowest BCUT2D eigenvalue weighted by molar-refractivity contribution is 0.0696. The Hall–Kier alpha value is -1.62. The molecule has 108 valence electrons. The molecule has 1 aromatic carbocycles. The highest BCUT2D eigenvalue weighted by Gasteiger charge is 2.29. The highest BCUT2D eigenvalue weighted by atomic mass is 19.1. The van der Waals surface area contributed by atoms with Crippen LogP contribution in [0.15, 0.2) is 18.2 Å². The summed E-state index contributed by atoms with van der Waals surface area (Å²) in [5.74, 6) is -1.53. The van der Waals surface area contributed by atoms with Crippen LogP contribution in [0.1, 0.15) is 29.6 Å². The zero-order chi connectivity index (χ0) is 14.1. The number of hydrogen-bond acceptors (Lipinski definition) is 3. The van der Waals surface area contributed by atoms with E-state index in [0.29, 0.717) is 11.7 Å². The number of piperidine rings is 1. The molecule has 0 radical (unpaired) electrons. The Bertz CT molecular complexity index is 521. The predicted molar refractivity (Wildman–Crippen MR) is 74.8 cm³/mol. The van der Waals surface area contributed by atoms with Gasteiger partial charge in [0.2, 0.25) is 0 Å². The van der Waals surface area contributed by atoms with Crippen LogP contribution in [0.25, 0.3) is 0 Å². The van der Waals surface area contributed by atoms with Crippen molar-refractivity contribution in [2.75, 3.05) is 31.1 Å². The van der Waals surface area contributed by atoms with Gasteiger partial charge in [-0.25, -0.2) is 9.18 Å². The Labute approximate surface area is 117 Å². The second kappa shape index (κ2) is 5.40. The molecule has 1 atom stereocenters. The molecule has 2 aliphatic heterocycles. The minimum Gasteiger partial charge on any atom is -0.478 e. The molecule has 0 amide bonds. The Kier molecular flexibility index (Phi) is 3.61. The maximum absolute atomic E-state index is 14.1. The van der Waals surface area contributed by atoms with Gasteiger partial charge in [-0.1, -0.05) is 6.42 Å². The van der Waals surface area contributed by atoms with Crippen LogP contribution >= 0.6 is 0 Å². The molecule has 0 bridgehead atoms. The SMILES string of the molecule is O=C(O)c1ccc(N2CCN3CCCCC3C2)c(F)c1. The Morgan fingerprint density at radius 3 is 2.85 bits per heavy atom. The van der Waals surface area contributed by atoms with Crippen molar-refractivity contribution in [2.24, 2.45) is 0 Å². The van der Waals surface area contributed by atoms with Gasteiger partial charge in [0.25, 0.3) is 0 Å². The Balaban J connectivity index is 1.78. The zero-order valence-corrected chi connectivity index (χ0v) is 11.4. The molecule has 2 fully saturated rings. The number of carbonyl (C=O) groups is 1. The fourth-order valence-electron chi connectivity index (χ4n) is 3.27. The van der Waals surface area contributed by atoms with Gasteiger partial charge in [-0.3, -0.25) is 4.90 Å². The third kappa shape index (κ3) is 2.50. The van der Waals surface area contributed by atoms with E-state index >= 15 is 0 Å². The molecule has 2 heterocycles. The van der Waals surface area contributed by atoms with Crippen LogP contribution < -0.4 is 4.90 Å². The summed E-state index contributed by atoms with van der Waals surface area (Å²) in [6, 6.07) is 4.70. The molecule has 0 spiro atoms. The van der Waals surface area contributed by atoms with E-state index in [0.717, 1.165) is 32.2 Å². The smallest absolute Gasteiger partial charge is 0.335 e. The third-order valence-corrected chi connectivity index (χ3v) is 4.37. The van der Waals surface area contributed by atoms with Crippen LogP contribution in [0.2, 0.25) is 0 Å². The number of halogens is 1. The van der Waals surface area contributed by atoms with Gasteiger partial charge in [-0.2, -0.15) is 0 Å². The molecular formula is C15H19FN2O2. The second-order valence-electron chi connectivity index (χ2n) is 5.60. The number of hydrogen-bond donors (Lipinski definition) is 1. The molecule has 5 heteroatoms. The number of anilines is 1. The summed E-state index contributed by atoms with van der Waals surface area (Å²) in [7, 11) is 0. The lowest BCUT2D eigenvalue weighted by Gasteiger charge is -2.45. The number of carboxylic acids is 1. The maximum atomic E-state index is 14.1. The van der Waals surface area contributed by atoms with Crippen molar-refractivity contribution >= 4 is 11.7 Å². The lowest BCUT2D eigenvalue weighted by Crippen LogP contribution is -2.55. The molecule has 2 saturated heterocycles. The van der Waals surface area contributed by atoms with E-state index in [-0.39, 0.29) is 5.56 Å². The molecule has 1 aromatic rings. The van der Waals surface area contributed by atoms with Gasteiger partial charge in [-0.05, 0) is 37.6 Å². The van der Waals surface area contributed by atoms with E-state index in [4.69, 9.17) is 5.11 Å². The van der Waals surface area contributed by atoms with Gasteiger partial charge in [-0.15, -0.1) is 0 Å². The van der Waals surface area contributed by atoms with E-state index in [1.807, 2.05) is 4.90 Å². The average Bonchev–Trinajstić information content (AvgIpc) is 2.46. The van der Waals surface area contributed by atoms with E-state index in [1.54, 1.807) is 6.07 Å². The number of carboxylic acid groups (broad SMARTS) is 1. The number of fused-ring (bicyclic) bond motifs is 1. The molecule has 3 rings (SSSR count). The molecule has 1 unspecified atom stereocenters. The summed E-state index contributed by atoms with van der Waals surface area (Å²) in [5, 5.41) is 8.88. The van der Waals surface area contributed by atoms with Gasteiger partial charge in [0.15, 0.2) is 0 Å². The minimum absolute atomic E-state index is 0.00236. The fourth-order valence-corrected chi connectivity index (χ4v) is 3.27. The summed E-state index contributed by atoms with van der Waals surface area (Å²) in [5.41, 5.74) is 0.530. The number of benzene rings is 1. The fraction of sp³-hybridized carbons (Fsp3) is 0.533. The molecule has 0 saturated carbocycles. The average molecular weight is 278 g/mol. The van der Waals surface area contributed by atoms with Crippen LogP contribution in [0.3, 0.4) is 0 Å². The van der Waals surface area contributed by atoms with Gasteiger partial charge < -0.3 is 10.0 Å². The molecule has 1 N–H and O–H groups in total. The van der Waals surface area contributed by atoms with E-state index in [1.165, 1.54) is 25.3 Å². The highest BCUT2D eigenvalue weighted by molar-refractivity contribution is 5.88. The Morgan fingerprint density at radius 2 is 2.10 bits per heavy atom. The van der Waals surface area contributed by atoms with Crippen LogP contribution in [-0.4, -0.2) is 48.2 Å². The zero-order valence-electron chi connectivity index (χ0n) is 11.4.